The molecule has 1 amide bonds. The van der Waals surface area contributed by atoms with Gasteiger partial charge in [0.1, 0.15) is 11.9 Å². The minimum Gasteiger partial charge on any atom is -0.366 e. The number of aromatic nitrogens is 4. The van der Waals surface area contributed by atoms with Crippen molar-refractivity contribution >= 4 is 5.91 Å². The average Bonchev–Trinajstić information content (AvgIpc) is 3.10. The molecule has 2 aromatic rings. The van der Waals surface area contributed by atoms with Gasteiger partial charge in [-0.1, -0.05) is 13.0 Å². The molecule has 1 N–H and O–H groups in total. The summed E-state index contributed by atoms with van der Waals surface area (Å²) in [5.41, 5.74) is -0.0991. The molecule has 1 aliphatic heterocycles. The molecule has 0 aliphatic carbocycles. The van der Waals surface area contributed by atoms with Gasteiger partial charge in [0, 0.05) is 38.2 Å². The molecule has 1 fully saturated rings. The van der Waals surface area contributed by atoms with Gasteiger partial charge >= 0.3 is 0 Å². The Labute approximate surface area is 139 Å². The highest BCUT2D eigenvalue weighted by atomic mass is 16.5. The van der Waals surface area contributed by atoms with Gasteiger partial charge in [-0.3, -0.25) is 14.7 Å². The van der Waals surface area contributed by atoms with Crippen LogP contribution in [0.5, 0.6) is 0 Å². The maximum absolute atomic E-state index is 12.4. The normalized spacial score (nSPS) is 17.9. The molecule has 1 aliphatic rings. The van der Waals surface area contributed by atoms with Crippen molar-refractivity contribution in [1.82, 2.24) is 24.6 Å². The fourth-order valence-electron chi connectivity index (χ4n) is 2.66. The minimum atomic E-state index is -0.307. The number of H-pyrrole nitrogens is 1. The molecule has 1 atom stereocenters. The van der Waals surface area contributed by atoms with Crippen molar-refractivity contribution < 1.29 is 9.53 Å². The van der Waals surface area contributed by atoms with Crippen LogP contribution in [0, 0.1) is 0 Å². The number of amides is 1. The standard InChI is InChI=1S/C16H21N5O3/c1-2-13-17-16(19-18-13)12-11-21(9-10-24-12)15(23)6-8-20-7-4-3-5-14(20)22/h3-5,7,12H,2,6,8-11H2,1H3,(H,17,18,19)/t12-/m0/s1. The summed E-state index contributed by atoms with van der Waals surface area (Å²) in [6.45, 7) is 3.81. The van der Waals surface area contributed by atoms with E-state index in [1.54, 1.807) is 27.8 Å². The first-order valence-corrected chi connectivity index (χ1v) is 8.13. The predicted molar refractivity (Wildman–Crippen MR) is 86.4 cm³/mol. The maximum atomic E-state index is 12.4. The van der Waals surface area contributed by atoms with E-state index >= 15 is 0 Å². The third-order valence-corrected chi connectivity index (χ3v) is 4.06. The van der Waals surface area contributed by atoms with Crippen LogP contribution >= 0.6 is 0 Å². The van der Waals surface area contributed by atoms with E-state index in [9.17, 15) is 9.59 Å². The average molecular weight is 331 g/mol. The first-order chi connectivity index (χ1) is 11.7. The third-order valence-electron chi connectivity index (χ3n) is 4.06. The Morgan fingerprint density at radius 3 is 3.08 bits per heavy atom. The van der Waals surface area contributed by atoms with E-state index < -0.39 is 0 Å². The second kappa shape index (κ2) is 7.39. The van der Waals surface area contributed by atoms with Gasteiger partial charge in [-0.05, 0) is 6.07 Å². The molecule has 0 aromatic carbocycles. The van der Waals surface area contributed by atoms with E-state index in [0.717, 1.165) is 12.2 Å². The summed E-state index contributed by atoms with van der Waals surface area (Å²) in [6, 6.07) is 4.96. The third kappa shape index (κ3) is 3.70. The second-order valence-corrected chi connectivity index (χ2v) is 5.68. The minimum absolute atomic E-state index is 0.00491. The molecule has 3 heterocycles. The smallest absolute Gasteiger partial charge is 0.250 e. The van der Waals surface area contributed by atoms with E-state index in [-0.39, 0.29) is 24.0 Å². The predicted octanol–water partition coefficient (Wildman–Crippen LogP) is 0.519. The molecule has 1 saturated heterocycles. The Kier molecular flexibility index (Phi) is 5.05. The van der Waals surface area contributed by atoms with Crippen molar-refractivity contribution in [2.75, 3.05) is 19.7 Å². The number of pyridine rings is 1. The summed E-state index contributed by atoms with van der Waals surface area (Å²) in [5, 5.41) is 7.03. The highest BCUT2D eigenvalue weighted by molar-refractivity contribution is 5.76. The van der Waals surface area contributed by atoms with Crippen LogP contribution in [-0.2, 0) is 22.5 Å². The van der Waals surface area contributed by atoms with Gasteiger partial charge < -0.3 is 14.2 Å². The quantitative estimate of drug-likeness (QED) is 0.862. The Morgan fingerprint density at radius 1 is 1.46 bits per heavy atom. The molecule has 24 heavy (non-hydrogen) atoms. The summed E-state index contributed by atoms with van der Waals surface area (Å²) >= 11 is 0. The van der Waals surface area contributed by atoms with Crippen LogP contribution in [-0.4, -0.2) is 50.3 Å². The first kappa shape index (κ1) is 16.4. The molecule has 0 bridgehead atoms. The highest BCUT2D eigenvalue weighted by Crippen LogP contribution is 2.19. The van der Waals surface area contributed by atoms with Crippen molar-refractivity contribution in [3.63, 3.8) is 0 Å². The number of morpholine rings is 1. The number of nitrogens with one attached hydrogen (secondary N) is 1. The van der Waals surface area contributed by atoms with Crippen LogP contribution < -0.4 is 5.56 Å². The van der Waals surface area contributed by atoms with Gasteiger partial charge in [-0.25, -0.2) is 4.98 Å². The maximum Gasteiger partial charge on any atom is 0.250 e. The topological polar surface area (TPSA) is 93.1 Å². The zero-order valence-electron chi connectivity index (χ0n) is 13.6. The van der Waals surface area contributed by atoms with Crippen LogP contribution in [0.4, 0.5) is 0 Å². The number of nitrogens with zero attached hydrogens (tertiary/aromatic N) is 4. The summed E-state index contributed by atoms with van der Waals surface area (Å²) in [5.74, 6) is 1.40. The molecule has 8 heteroatoms. The molecule has 0 unspecified atom stereocenters. The number of hydrogen-bond donors (Lipinski definition) is 1. The van der Waals surface area contributed by atoms with Crippen LogP contribution in [0.25, 0.3) is 0 Å². The number of aromatic amines is 1. The molecule has 0 saturated carbocycles. The molecular formula is C16H21N5O3. The van der Waals surface area contributed by atoms with Gasteiger partial charge in [0.25, 0.3) is 5.56 Å². The lowest BCUT2D eigenvalue weighted by Gasteiger charge is -2.31. The Balaban J connectivity index is 1.58. The fraction of sp³-hybridized carbons (Fsp3) is 0.500. The van der Waals surface area contributed by atoms with Crippen molar-refractivity contribution in [3.8, 4) is 0 Å². The largest absolute Gasteiger partial charge is 0.366 e. The number of carbonyl (C=O) groups excluding carboxylic acids is 1. The van der Waals surface area contributed by atoms with Gasteiger partial charge in [0.15, 0.2) is 5.82 Å². The lowest BCUT2D eigenvalue weighted by molar-refractivity contribution is -0.139. The summed E-state index contributed by atoms with van der Waals surface area (Å²) in [7, 11) is 0. The molecule has 8 nitrogen and oxygen atoms in total. The SMILES string of the molecule is CCc1nc([C@@H]2CN(C(=O)CCn3ccccc3=O)CCO2)n[nH]1. The van der Waals surface area contributed by atoms with Crippen LogP contribution in [0.1, 0.15) is 31.1 Å². The van der Waals surface area contributed by atoms with Crippen LogP contribution in [0.2, 0.25) is 0 Å². The number of ether oxygens (including phenoxy) is 1. The Morgan fingerprint density at radius 2 is 2.33 bits per heavy atom. The second-order valence-electron chi connectivity index (χ2n) is 5.68. The van der Waals surface area contributed by atoms with E-state index in [4.69, 9.17) is 4.74 Å². The van der Waals surface area contributed by atoms with Gasteiger partial charge in [0.05, 0.1) is 13.2 Å². The molecule has 0 spiro atoms. The summed E-state index contributed by atoms with van der Waals surface area (Å²) < 4.78 is 7.23. The van der Waals surface area contributed by atoms with Crippen molar-refractivity contribution in [2.24, 2.45) is 0 Å². The zero-order chi connectivity index (χ0) is 16.9. The van der Waals surface area contributed by atoms with E-state index in [2.05, 4.69) is 15.2 Å². The van der Waals surface area contributed by atoms with E-state index in [1.165, 1.54) is 6.07 Å². The molecular weight excluding hydrogens is 310 g/mol. The Hall–Kier alpha value is -2.48. The van der Waals surface area contributed by atoms with E-state index in [1.807, 2.05) is 6.92 Å². The molecule has 0 radical (unpaired) electrons. The molecule has 3 rings (SSSR count). The number of carbonyl (C=O) groups is 1. The lowest BCUT2D eigenvalue weighted by Crippen LogP contribution is -2.43. The lowest BCUT2D eigenvalue weighted by atomic mass is 10.2. The van der Waals surface area contributed by atoms with Crippen molar-refractivity contribution in [1.29, 1.82) is 0 Å². The zero-order valence-corrected chi connectivity index (χ0v) is 13.6. The molecule has 128 valence electrons. The number of hydrogen-bond acceptors (Lipinski definition) is 5. The highest BCUT2D eigenvalue weighted by Gasteiger charge is 2.27. The van der Waals surface area contributed by atoms with Gasteiger partial charge in [-0.2, -0.15) is 5.10 Å². The Bertz CT molecular complexity index is 754. The van der Waals surface area contributed by atoms with Gasteiger partial charge in [-0.15, -0.1) is 0 Å². The fourth-order valence-corrected chi connectivity index (χ4v) is 2.66. The van der Waals surface area contributed by atoms with Crippen molar-refractivity contribution in [3.05, 3.63) is 46.4 Å². The monoisotopic (exact) mass is 331 g/mol. The van der Waals surface area contributed by atoms with Crippen molar-refractivity contribution in [2.45, 2.75) is 32.4 Å². The summed E-state index contributed by atoms with van der Waals surface area (Å²) in [4.78, 5) is 30.2. The number of aryl methyl sites for hydroxylation is 2. The molecule has 2 aromatic heterocycles. The van der Waals surface area contributed by atoms with Crippen LogP contribution in [0.3, 0.4) is 0 Å². The van der Waals surface area contributed by atoms with Crippen LogP contribution in [0.15, 0.2) is 29.2 Å². The number of rotatable bonds is 5. The van der Waals surface area contributed by atoms with E-state index in [0.29, 0.717) is 32.1 Å². The summed E-state index contributed by atoms with van der Waals surface area (Å²) in [6.07, 6.45) is 2.44. The van der Waals surface area contributed by atoms with Gasteiger partial charge in [0.2, 0.25) is 5.91 Å². The first-order valence-electron chi connectivity index (χ1n) is 8.13.